The highest BCUT2D eigenvalue weighted by Crippen LogP contribution is 2.30. The number of hydrogen-bond donors (Lipinski definition) is 2. The summed E-state index contributed by atoms with van der Waals surface area (Å²) in [5.41, 5.74) is -0.760. The molecular formula is C12H20N2O3S. The van der Waals surface area contributed by atoms with Gasteiger partial charge in [-0.3, -0.25) is 9.59 Å². The summed E-state index contributed by atoms with van der Waals surface area (Å²) in [7, 11) is 0. The van der Waals surface area contributed by atoms with Crippen molar-refractivity contribution in [2.45, 2.75) is 25.8 Å². The Bertz CT molecular complexity index is 344. The van der Waals surface area contributed by atoms with Gasteiger partial charge in [0, 0.05) is 43.6 Å². The second-order valence-corrected chi connectivity index (χ2v) is 6.51. The number of thioether (sulfide) groups is 1. The fraction of sp³-hybridized carbons (Fsp3) is 0.833. The van der Waals surface area contributed by atoms with Crippen LogP contribution in [0.2, 0.25) is 0 Å². The van der Waals surface area contributed by atoms with Crippen molar-refractivity contribution in [2.24, 2.45) is 5.41 Å². The van der Waals surface area contributed by atoms with Gasteiger partial charge >= 0.3 is 5.97 Å². The number of carboxylic acid groups (broad SMARTS) is 1. The molecule has 2 aliphatic rings. The van der Waals surface area contributed by atoms with Crippen LogP contribution in [0.5, 0.6) is 0 Å². The number of nitrogens with one attached hydrogen (secondary N) is 1. The molecule has 102 valence electrons. The highest BCUT2D eigenvalue weighted by atomic mass is 32.2. The van der Waals surface area contributed by atoms with Crippen molar-refractivity contribution in [3.05, 3.63) is 0 Å². The Hall–Kier alpha value is -0.750. The summed E-state index contributed by atoms with van der Waals surface area (Å²) in [4.78, 5) is 24.9. The van der Waals surface area contributed by atoms with Gasteiger partial charge in [0.2, 0.25) is 5.91 Å². The van der Waals surface area contributed by atoms with Gasteiger partial charge in [0.25, 0.3) is 0 Å². The predicted octanol–water partition coefficient (Wildman–Crippen LogP) is 0.405. The van der Waals surface area contributed by atoms with Crippen LogP contribution < -0.4 is 5.32 Å². The summed E-state index contributed by atoms with van der Waals surface area (Å²) in [6.45, 7) is 3.59. The Labute approximate surface area is 111 Å². The minimum atomic E-state index is -0.802. The summed E-state index contributed by atoms with van der Waals surface area (Å²) in [5, 5.41) is 12.5. The van der Waals surface area contributed by atoms with E-state index < -0.39 is 11.4 Å². The number of carbonyl (C=O) groups is 2. The van der Waals surface area contributed by atoms with Gasteiger partial charge in [0.1, 0.15) is 0 Å². The Balaban J connectivity index is 1.85. The molecule has 0 aromatic heterocycles. The van der Waals surface area contributed by atoms with E-state index in [1.165, 1.54) is 0 Å². The van der Waals surface area contributed by atoms with Gasteiger partial charge in [0.05, 0.1) is 5.41 Å². The second kappa shape index (κ2) is 5.48. The average molecular weight is 272 g/mol. The van der Waals surface area contributed by atoms with Crippen molar-refractivity contribution in [2.75, 3.05) is 31.1 Å². The zero-order valence-electron chi connectivity index (χ0n) is 10.6. The molecule has 18 heavy (non-hydrogen) atoms. The van der Waals surface area contributed by atoms with Crippen molar-refractivity contribution in [1.82, 2.24) is 10.2 Å². The Kier molecular flexibility index (Phi) is 4.17. The highest BCUT2D eigenvalue weighted by molar-refractivity contribution is 7.99. The van der Waals surface area contributed by atoms with Crippen LogP contribution >= 0.6 is 11.8 Å². The Morgan fingerprint density at radius 3 is 2.89 bits per heavy atom. The Morgan fingerprint density at radius 1 is 1.56 bits per heavy atom. The zero-order chi connectivity index (χ0) is 13.2. The van der Waals surface area contributed by atoms with Crippen LogP contribution in [0.15, 0.2) is 0 Å². The van der Waals surface area contributed by atoms with Gasteiger partial charge in [-0.15, -0.1) is 0 Å². The number of carboxylic acids is 1. The van der Waals surface area contributed by atoms with Gasteiger partial charge in [-0.1, -0.05) is 0 Å². The predicted molar refractivity (Wildman–Crippen MR) is 70.7 cm³/mol. The minimum absolute atomic E-state index is 0.0833. The highest BCUT2D eigenvalue weighted by Gasteiger charge is 2.42. The van der Waals surface area contributed by atoms with Crippen molar-refractivity contribution in [3.8, 4) is 0 Å². The molecule has 2 aliphatic heterocycles. The lowest BCUT2D eigenvalue weighted by molar-refractivity contribution is -0.147. The zero-order valence-corrected chi connectivity index (χ0v) is 11.5. The molecule has 0 saturated carbocycles. The molecule has 2 saturated heterocycles. The van der Waals surface area contributed by atoms with Crippen molar-refractivity contribution < 1.29 is 14.7 Å². The van der Waals surface area contributed by atoms with Crippen molar-refractivity contribution in [3.63, 3.8) is 0 Å². The van der Waals surface area contributed by atoms with Crippen LogP contribution in [0.25, 0.3) is 0 Å². The smallest absolute Gasteiger partial charge is 0.311 e. The number of carbonyl (C=O) groups excluding carboxylic acids is 1. The maximum Gasteiger partial charge on any atom is 0.311 e. The van der Waals surface area contributed by atoms with Crippen LogP contribution in [0.4, 0.5) is 0 Å². The van der Waals surface area contributed by atoms with Gasteiger partial charge in [-0.25, -0.2) is 0 Å². The van der Waals surface area contributed by atoms with Crippen LogP contribution in [0.3, 0.4) is 0 Å². The van der Waals surface area contributed by atoms with E-state index in [0.717, 1.165) is 18.1 Å². The van der Waals surface area contributed by atoms with E-state index in [0.29, 0.717) is 25.9 Å². The topological polar surface area (TPSA) is 69.6 Å². The molecule has 2 atom stereocenters. The molecule has 0 bridgehead atoms. The minimum Gasteiger partial charge on any atom is -0.481 e. The molecular weight excluding hydrogens is 252 g/mol. The number of nitrogens with zero attached hydrogens (tertiary/aromatic N) is 1. The van der Waals surface area contributed by atoms with Gasteiger partial charge in [0.15, 0.2) is 0 Å². The second-order valence-electron chi connectivity index (χ2n) is 5.36. The van der Waals surface area contributed by atoms with E-state index in [2.05, 4.69) is 5.32 Å². The molecule has 0 radical (unpaired) electrons. The third-order valence-electron chi connectivity index (χ3n) is 3.76. The van der Waals surface area contributed by atoms with Crippen LogP contribution in [-0.2, 0) is 9.59 Å². The molecule has 2 N–H and O–H groups in total. The lowest BCUT2D eigenvalue weighted by atomic mass is 9.90. The molecule has 0 spiro atoms. The Morgan fingerprint density at radius 2 is 2.33 bits per heavy atom. The summed E-state index contributed by atoms with van der Waals surface area (Å²) in [6.07, 6.45) is 1.05. The van der Waals surface area contributed by atoms with E-state index >= 15 is 0 Å². The van der Waals surface area contributed by atoms with E-state index in [9.17, 15) is 9.59 Å². The number of amides is 1. The monoisotopic (exact) mass is 272 g/mol. The number of aliphatic carboxylic acids is 1. The first-order valence-corrected chi connectivity index (χ1v) is 7.49. The summed E-state index contributed by atoms with van der Waals surface area (Å²) in [6, 6.07) is 0.243. The summed E-state index contributed by atoms with van der Waals surface area (Å²) in [5.74, 6) is 1.35. The van der Waals surface area contributed by atoms with Gasteiger partial charge in [-0.05, 0) is 13.3 Å². The summed E-state index contributed by atoms with van der Waals surface area (Å²) >= 11 is 1.86. The van der Waals surface area contributed by atoms with Crippen molar-refractivity contribution in [1.29, 1.82) is 0 Å². The normalized spacial score (nSPS) is 32.5. The lowest BCUT2D eigenvalue weighted by Gasteiger charge is -2.25. The third kappa shape index (κ3) is 2.98. The van der Waals surface area contributed by atoms with E-state index in [4.69, 9.17) is 5.11 Å². The first-order valence-electron chi connectivity index (χ1n) is 6.33. The average Bonchev–Trinajstić information content (AvgIpc) is 2.75. The largest absolute Gasteiger partial charge is 0.481 e. The number of rotatable bonds is 3. The van der Waals surface area contributed by atoms with Crippen LogP contribution in [0.1, 0.15) is 19.8 Å². The molecule has 2 heterocycles. The van der Waals surface area contributed by atoms with Gasteiger partial charge in [-0.2, -0.15) is 11.8 Å². The van der Waals surface area contributed by atoms with Crippen LogP contribution in [0, 0.1) is 5.41 Å². The number of likely N-dealkylation sites (tertiary alicyclic amines) is 1. The molecule has 0 aromatic rings. The van der Waals surface area contributed by atoms with Gasteiger partial charge < -0.3 is 15.3 Å². The fourth-order valence-electron chi connectivity index (χ4n) is 2.44. The summed E-state index contributed by atoms with van der Waals surface area (Å²) < 4.78 is 0. The molecule has 0 aromatic carbocycles. The molecule has 6 heteroatoms. The quantitative estimate of drug-likeness (QED) is 0.778. The maximum atomic E-state index is 12.1. The third-order valence-corrected chi connectivity index (χ3v) is 4.89. The first kappa shape index (κ1) is 13.7. The fourth-order valence-corrected chi connectivity index (χ4v) is 3.39. The van der Waals surface area contributed by atoms with E-state index in [-0.39, 0.29) is 11.9 Å². The molecule has 1 amide bonds. The van der Waals surface area contributed by atoms with E-state index in [1.807, 2.05) is 11.8 Å². The van der Waals surface area contributed by atoms with E-state index in [1.54, 1.807) is 11.8 Å². The lowest BCUT2D eigenvalue weighted by Crippen LogP contribution is -2.43. The van der Waals surface area contributed by atoms with Crippen molar-refractivity contribution >= 4 is 23.6 Å². The SMILES string of the molecule is CC1(C(=O)O)CCN(C(=O)CC2CSCCN2)C1. The molecule has 5 nitrogen and oxygen atoms in total. The standard InChI is InChI=1S/C12H20N2O3S/c1-12(11(16)17)2-4-14(8-12)10(15)6-9-7-18-5-3-13-9/h9,13H,2-8H2,1H3,(H,16,17). The molecule has 0 aliphatic carbocycles. The van der Waals surface area contributed by atoms with Crippen LogP contribution in [-0.4, -0.2) is 59.1 Å². The first-order chi connectivity index (χ1) is 8.51. The molecule has 2 unspecified atom stereocenters. The number of hydrogen-bond acceptors (Lipinski definition) is 4. The maximum absolute atomic E-state index is 12.1. The molecule has 2 fully saturated rings. The molecule has 2 rings (SSSR count).